The molecule has 2 heterocycles. The molecule has 3 rings (SSSR count). The van der Waals surface area contributed by atoms with Crippen LogP contribution in [0, 0.1) is 0 Å². The molecule has 1 atom stereocenters. The Labute approximate surface area is 175 Å². The maximum atomic E-state index is 12.6. The van der Waals surface area contributed by atoms with Gasteiger partial charge in [-0.3, -0.25) is 19.1 Å². The van der Waals surface area contributed by atoms with Gasteiger partial charge in [0.15, 0.2) is 5.69 Å². The number of nitrogens with zero attached hydrogens (tertiary/aromatic N) is 2. The third-order valence-electron chi connectivity index (χ3n) is 4.40. The molecule has 2 aromatic rings. The smallest absolute Gasteiger partial charge is 0.273 e. The molecule has 0 saturated carbocycles. The lowest BCUT2D eigenvalue weighted by atomic mass is 10.1. The van der Waals surface area contributed by atoms with Gasteiger partial charge in [0.05, 0.1) is 15.1 Å². The minimum atomic E-state index is -0.606. The highest BCUT2D eigenvalue weighted by atomic mass is 79.9. The number of halogens is 2. The monoisotopic (exact) mass is 467 g/mol. The van der Waals surface area contributed by atoms with Crippen LogP contribution >= 0.6 is 27.5 Å². The molecule has 1 aliphatic heterocycles. The molecular formula is C18H19BrClN5O3. The molecule has 0 bridgehead atoms. The summed E-state index contributed by atoms with van der Waals surface area (Å²) < 4.78 is 1.70. The average Bonchev–Trinajstić information content (AvgIpc) is 2.81. The minimum absolute atomic E-state index is 0.0778. The van der Waals surface area contributed by atoms with Gasteiger partial charge in [-0.1, -0.05) is 23.7 Å². The van der Waals surface area contributed by atoms with Gasteiger partial charge >= 0.3 is 0 Å². The van der Waals surface area contributed by atoms with Crippen molar-refractivity contribution in [2.45, 2.75) is 25.3 Å². The number of nitrogens with one attached hydrogen (secondary N) is 3. The van der Waals surface area contributed by atoms with Gasteiger partial charge in [0, 0.05) is 13.6 Å². The van der Waals surface area contributed by atoms with Crippen molar-refractivity contribution in [3.8, 4) is 0 Å². The fraction of sp³-hybridized carbons (Fsp3) is 0.333. The van der Waals surface area contributed by atoms with Crippen LogP contribution in [-0.2, 0) is 11.8 Å². The van der Waals surface area contributed by atoms with Gasteiger partial charge in [0.1, 0.15) is 11.9 Å². The standard InChI is InChI=1S/C18H19BrClN5O3/c1-25-15(23-16(26)10-6-2-3-7-11(10)20)13(19)14(24-25)18(28)22-12-8-4-5-9-21-17(12)27/h2-3,6-7,12H,4-5,8-9H2,1H3,(H,21,27)(H,22,28)(H,23,26)/t12-/m1/s1. The molecular weight excluding hydrogens is 450 g/mol. The summed E-state index contributed by atoms with van der Waals surface area (Å²) in [6.07, 6.45) is 2.29. The average molecular weight is 469 g/mol. The predicted octanol–water partition coefficient (Wildman–Crippen LogP) is 2.49. The van der Waals surface area contributed by atoms with Gasteiger partial charge in [-0.25, -0.2) is 0 Å². The number of carbonyl (C=O) groups excluding carboxylic acids is 3. The topological polar surface area (TPSA) is 105 Å². The molecule has 1 saturated heterocycles. The van der Waals surface area contributed by atoms with Crippen LogP contribution in [0.1, 0.15) is 40.1 Å². The number of hydrogen-bond acceptors (Lipinski definition) is 4. The van der Waals surface area contributed by atoms with Crippen molar-refractivity contribution >= 4 is 51.1 Å². The first-order valence-electron chi connectivity index (χ1n) is 8.75. The normalized spacial score (nSPS) is 16.8. The summed E-state index contributed by atoms with van der Waals surface area (Å²) in [5.74, 6) is -0.822. The summed E-state index contributed by atoms with van der Waals surface area (Å²) in [4.78, 5) is 37.2. The molecule has 0 aliphatic carbocycles. The zero-order chi connectivity index (χ0) is 20.3. The van der Waals surface area contributed by atoms with Gasteiger partial charge in [-0.05, 0) is 47.3 Å². The van der Waals surface area contributed by atoms with Gasteiger partial charge in [0.25, 0.3) is 11.8 Å². The fourth-order valence-electron chi connectivity index (χ4n) is 2.90. The predicted molar refractivity (Wildman–Crippen MR) is 108 cm³/mol. The molecule has 0 radical (unpaired) electrons. The number of rotatable bonds is 4. The molecule has 3 N–H and O–H groups in total. The number of hydrogen-bond donors (Lipinski definition) is 3. The molecule has 1 fully saturated rings. The van der Waals surface area contributed by atoms with Crippen molar-refractivity contribution < 1.29 is 14.4 Å². The lowest BCUT2D eigenvalue weighted by molar-refractivity contribution is -0.122. The van der Waals surface area contributed by atoms with E-state index in [0.717, 1.165) is 12.8 Å². The second-order valence-corrected chi connectivity index (χ2v) is 7.58. The largest absolute Gasteiger partial charge is 0.354 e. The van der Waals surface area contributed by atoms with E-state index in [0.29, 0.717) is 33.8 Å². The lowest BCUT2D eigenvalue weighted by Gasteiger charge is -2.14. The molecule has 28 heavy (non-hydrogen) atoms. The highest BCUT2D eigenvalue weighted by Gasteiger charge is 2.27. The minimum Gasteiger partial charge on any atom is -0.354 e. The number of carbonyl (C=O) groups is 3. The fourth-order valence-corrected chi connectivity index (χ4v) is 3.74. The number of benzene rings is 1. The van der Waals surface area contributed by atoms with Crippen LogP contribution in [0.3, 0.4) is 0 Å². The zero-order valence-corrected chi connectivity index (χ0v) is 17.4. The summed E-state index contributed by atoms with van der Waals surface area (Å²) in [6, 6.07) is 6.04. The van der Waals surface area contributed by atoms with E-state index in [2.05, 4.69) is 37.0 Å². The summed E-state index contributed by atoms with van der Waals surface area (Å²) in [6.45, 7) is 0.608. The Kier molecular flexibility index (Phi) is 6.35. The van der Waals surface area contributed by atoms with Crippen LogP contribution in [0.15, 0.2) is 28.7 Å². The summed E-state index contributed by atoms with van der Waals surface area (Å²) in [5.41, 5.74) is 0.382. The van der Waals surface area contributed by atoms with Crippen LogP contribution < -0.4 is 16.0 Å². The molecule has 0 spiro atoms. The molecule has 10 heteroatoms. The van der Waals surface area contributed by atoms with Crippen LogP contribution in [0.25, 0.3) is 0 Å². The maximum Gasteiger partial charge on any atom is 0.273 e. The number of amides is 3. The Morgan fingerprint density at radius 2 is 2.04 bits per heavy atom. The van der Waals surface area contributed by atoms with E-state index in [1.165, 1.54) is 4.68 Å². The van der Waals surface area contributed by atoms with Crippen LogP contribution in [0.5, 0.6) is 0 Å². The molecule has 1 aromatic heterocycles. The first-order chi connectivity index (χ1) is 13.4. The third kappa shape index (κ3) is 4.36. The molecule has 8 nitrogen and oxygen atoms in total. The highest BCUT2D eigenvalue weighted by molar-refractivity contribution is 9.10. The first kappa shape index (κ1) is 20.3. The summed E-state index contributed by atoms with van der Waals surface area (Å²) in [7, 11) is 1.60. The van der Waals surface area contributed by atoms with Crippen molar-refractivity contribution in [2.24, 2.45) is 7.05 Å². The van der Waals surface area contributed by atoms with Crippen molar-refractivity contribution in [3.05, 3.63) is 45.0 Å². The second-order valence-electron chi connectivity index (χ2n) is 6.38. The van der Waals surface area contributed by atoms with Gasteiger partial charge in [0.2, 0.25) is 5.91 Å². The number of aromatic nitrogens is 2. The Hall–Kier alpha value is -2.39. The third-order valence-corrected chi connectivity index (χ3v) is 5.48. The Morgan fingerprint density at radius 1 is 1.29 bits per heavy atom. The van der Waals surface area contributed by atoms with Crippen molar-refractivity contribution in [1.82, 2.24) is 20.4 Å². The van der Waals surface area contributed by atoms with E-state index in [9.17, 15) is 14.4 Å². The Morgan fingerprint density at radius 3 is 2.79 bits per heavy atom. The lowest BCUT2D eigenvalue weighted by Crippen LogP contribution is -2.45. The molecule has 1 aromatic carbocycles. The van der Waals surface area contributed by atoms with E-state index in [1.54, 1.807) is 31.3 Å². The maximum absolute atomic E-state index is 12.6. The SMILES string of the molecule is Cn1nc(C(=O)N[C@@H]2CCCCNC2=O)c(Br)c1NC(=O)c1ccccc1Cl. The van der Waals surface area contributed by atoms with E-state index in [4.69, 9.17) is 11.6 Å². The summed E-state index contributed by atoms with van der Waals surface area (Å²) in [5, 5.41) is 12.7. The van der Waals surface area contributed by atoms with E-state index < -0.39 is 17.9 Å². The van der Waals surface area contributed by atoms with E-state index in [1.807, 2.05) is 0 Å². The zero-order valence-electron chi connectivity index (χ0n) is 15.1. The number of aryl methyl sites for hydroxylation is 1. The van der Waals surface area contributed by atoms with Crippen LogP contribution in [0.4, 0.5) is 5.82 Å². The van der Waals surface area contributed by atoms with Gasteiger partial charge in [-0.2, -0.15) is 5.10 Å². The first-order valence-corrected chi connectivity index (χ1v) is 9.92. The molecule has 3 amide bonds. The van der Waals surface area contributed by atoms with Crippen molar-refractivity contribution in [3.63, 3.8) is 0 Å². The molecule has 0 unspecified atom stereocenters. The molecule has 148 valence electrons. The summed E-state index contributed by atoms with van der Waals surface area (Å²) >= 11 is 9.38. The Balaban J connectivity index is 1.77. The van der Waals surface area contributed by atoms with Crippen molar-refractivity contribution in [1.29, 1.82) is 0 Å². The second kappa shape index (κ2) is 8.74. The van der Waals surface area contributed by atoms with E-state index in [-0.39, 0.29) is 11.6 Å². The molecule has 1 aliphatic rings. The Bertz CT molecular complexity index is 930. The van der Waals surface area contributed by atoms with E-state index >= 15 is 0 Å². The van der Waals surface area contributed by atoms with Gasteiger partial charge < -0.3 is 16.0 Å². The van der Waals surface area contributed by atoms with Gasteiger partial charge in [-0.15, -0.1) is 0 Å². The highest BCUT2D eigenvalue weighted by Crippen LogP contribution is 2.27. The quantitative estimate of drug-likeness (QED) is 0.641. The number of anilines is 1. The van der Waals surface area contributed by atoms with Crippen LogP contribution in [0.2, 0.25) is 5.02 Å². The van der Waals surface area contributed by atoms with Crippen molar-refractivity contribution in [2.75, 3.05) is 11.9 Å². The van der Waals surface area contributed by atoms with Crippen LogP contribution in [-0.4, -0.2) is 40.1 Å².